The number of fused-ring (bicyclic) bond motifs is 1. The van der Waals surface area contributed by atoms with Crippen molar-refractivity contribution in [3.8, 4) is 0 Å². The predicted octanol–water partition coefficient (Wildman–Crippen LogP) is 3.00. The van der Waals surface area contributed by atoms with Gasteiger partial charge in [-0.2, -0.15) is 0 Å². The number of likely N-dealkylation sites (N-methyl/N-ethyl adjacent to an activating group) is 1. The summed E-state index contributed by atoms with van der Waals surface area (Å²) in [4.78, 5) is 18.5. The number of nitrogens with zero attached hydrogens (tertiary/aromatic N) is 5. The summed E-state index contributed by atoms with van der Waals surface area (Å²) >= 11 is 0. The number of anilines is 1. The van der Waals surface area contributed by atoms with Gasteiger partial charge in [0.2, 0.25) is 0 Å². The third kappa shape index (κ3) is 3.40. The highest BCUT2D eigenvalue weighted by atomic mass is 15.3. The molecule has 2 aliphatic rings. The van der Waals surface area contributed by atoms with Gasteiger partial charge in [0.15, 0.2) is 0 Å². The van der Waals surface area contributed by atoms with Crippen molar-refractivity contribution in [2.45, 2.75) is 20.4 Å². The van der Waals surface area contributed by atoms with Gasteiger partial charge in [0.1, 0.15) is 12.1 Å². The molecule has 1 fully saturated rings. The van der Waals surface area contributed by atoms with E-state index in [9.17, 15) is 0 Å². The molecule has 0 saturated carbocycles. The molecule has 0 radical (unpaired) electrons. The Morgan fingerprint density at radius 3 is 2.62 bits per heavy atom. The van der Waals surface area contributed by atoms with Gasteiger partial charge in [-0.3, -0.25) is 4.99 Å². The third-order valence-corrected chi connectivity index (χ3v) is 4.97. The van der Waals surface area contributed by atoms with E-state index in [0.29, 0.717) is 0 Å². The molecule has 5 nitrogen and oxygen atoms in total. The van der Waals surface area contributed by atoms with Crippen molar-refractivity contribution in [1.29, 1.82) is 0 Å². The van der Waals surface area contributed by atoms with Gasteiger partial charge < -0.3 is 9.80 Å². The van der Waals surface area contributed by atoms with Crippen LogP contribution in [0, 0.1) is 0 Å². The maximum absolute atomic E-state index is 4.77. The first kappa shape index (κ1) is 16.9. The van der Waals surface area contributed by atoms with Gasteiger partial charge in [0.25, 0.3) is 0 Å². The Hall–Kier alpha value is -2.53. The van der Waals surface area contributed by atoms with E-state index in [-0.39, 0.29) is 0 Å². The summed E-state index contributed by atoms with van der Waals surface area (Å²) < 4.78 is 0. The molecule has 4 rings (SSSR count). The lowest BCUT2D eigenvalue weighted by molar-refractivity contribution is 0.312. The summed E-state index contributed by atoms with van der Waals surface area (Å²) in [5.74, 6) is 1.000. The van der Waals surface area contributed by atoms with Crippen LogP contribution >= 0.6 is 0 Å². The SMILES string of the molecule is CC(C)=Cc1ccc2c(c1)C(c1cc(N3CCN(C)CC3)ncn1)=NC2. The maximum atomic E-state index is 4.77. The smallest absolute Gasteiger partial charge is 0.132 e. The van der Waals surface area contributed by atoms with E-state index in [4.69, 9.17) is 4.99 Å². The Bertz CT molecular complexity index is 872. The second-order valence-electron chi connectivity index (χ2n) is 7.35. The maximum Gasteiger partial charge on any atom is 0.132 e. The van der Waals surface area contributed by atoms with Gasteiger partial charge in [-0.25, -0.2) is 9.97 Å². The van der Waals surface area contributed by atoms with Crippen LogP contribution in [0.5, 0.6) is 0 Å². The highest BCUT2D eigenvalue weighted by Gasteiger charge is 2.21. The minimum absolute atomic E-state index is 0.730. The van der Waals surface area contributed by atoms with E-state index in [1.54, 1.807) is 6.33 Å². The second-order valence-corrected chi connectivity index (χ2v) is 7.35. The number of hydrogen-bond donors (Lipinski definition) is 0. The number of aliphatic imine (C=N–C) groups is 1. The molecule has 1 saturated heterocycles. The van der Waals surface area contributed by atoms with E-state index in [0.717, 1.165) is 49.9 Å². The molecule has 2 aromatic rings. The number of rotatable bonds is 3. The zero-order valence-corrected chi connectivity index (χ0v) is 15.7. The van der Waals surface area contributed by atoms with Crippen LogP contribution < -0.4 is 4.90 Å². The van der Waals surface area contributed by atoms with Crippen LogP contribution in [0.3, 0.4) is 0 Å². The van der Waals surface area contributed by atoms with Gasteiger partial charge in [0, 0.05) is 37.8 Å². The number of allylic oxidation sites excluding steroid dienone is 1. The Labute approximate surface area is 155 Å². The van der Waals surface area contributed by atoms with Gasteiger partial charge >= 0.3 is 0 Å². The van der Waals surface area contributed by atoms with Crippen molar-refractivity contribution in [1.82, 2.24) is 14.9 Å². The fourth-order valence-corrected chi connectivity index (χ4v) is 3.53. The number of hydrogen-bond acceptors (Lipinski definition) is 5. The molecule has 2 aliphatic heterocycles. The molecule has 0 bridgehead atoms. The zero-order valence-electron chi connectivity index (χ0n) is 15.7. The molecular weight excluding hydrogens is 322 g/mol. The minimum atomic E-state index is 0.730. The van der Waals surface area contributed by atoms with Gasteiger partial charge in [-0.05, 0) is 38.1 Å². The minimum Gasteiger partial charge on any atom is -0.354 e. The molecule has 26 heavy (non-hydrogen) atoms. The number of piperazine rings is 1. The van der Waals surface area contributed by atoms with Crippen LogP contribution in [0.25, 0.3) is 6.08 Å². The van der Waals surface area contributed by atoms with Crippen LogP contribution in [0.1, 0.15) is 36.2 Å². The molecule has 0 unspecified atom stereocenters. The first-order chi connectivity index (χ1) is 12.6. The summed E-state index contributed by atoms with van der Waals surface area (Å²) in [5, 5.41) is 0. The van der Waals surface area contributed by atoms with Gasteiger partial charge in [0.05, 0.1) is 18.0 Å². The summed E-state index contributed by atoms with van der Waals surface area (Å²) in [5.41, 5.74) is 6.88. The molecule has 0 aliphatic carbocycles. The first-order valence-corrected chi connectivity index (χ1v) is 9.19. The van der Waals surface area contributed by atoms with Crippen molar-refractivity contribution in [3.05, 3.63) is 58.6 Å². The van der Waals surface area contributed by atoms with Crippen LogP contribution in [0.4, 0.5) is 5.82 Å². The lowest BCUT2D eigenvalue weighted by Gasteiger charge is -2.33. The van der Waals surface area contributed by atoms with Crippen molar-refractivity contribution in [3.63, 3.8) is 0 Å². The normalized spacial score (nSPS) is 17.0. The van der Waals surface area contributed by atoms with E-state index in [2.05, 4.69) is 71.0 Å². The fraction of sp³-hybridized carbons (Fsp3) is 0.381. The highest BCUT2D eigenvalue weighted by molar-refractivity contribution is 6.14. The van der Waals surface area contributed by atoms with E-state index >= 15 is 0 Å². The van der Waals surface area contributed by atoms with Crippen molar-refractivity contribution < 1.29 is 0 Å². The molecule has 5 heteroatoms. The monoisotopic (exact) mass is 347 g/mol. The average molecular weight is 347 g/mol. The zero-order chi connectivity index (χ0) is 18.1. The van der Waals surface area contributed by atoms with Crippen molar-refractivity contribution in [2.24, 2.45) is 4.99 Å². The third-order valence-electron chi connectivity index (χ3n) is 4.97. The first-order valence-electron chi connectivity index (χ1n) is 9.19. The van der Waals surface area contributed by atoms with Crippen molar-refractivity contribution >= 4 is 17.6 Å². The molecule has 0 amide bonds. The quantitative estimate of drug-likeness (QED) is 0.856. The van der Waals surface area contributed by atoms with Crippen LogP contribution in [-0.2, 0) is 6.54 Å². The van der Waals surface area contributed by atoms with Gasteiger partial charge in [-0.1, -0.05) is 23.8 Å². The van der Waals surface area contributed by atoms with Crippen LogP contribution in [0.15, 0.2) is 41.2 Å². The second kappa shape index (κ2) is 7.00. The fourth-order valence-electron chi connectivity index (χ4n) is 3.53. The molecule has 1 aromatic carbocycles. The average Bonchev–Trinajstić information content (AvgIpc) is 3.05. The Morgan fingerprint density at radius 1 is 1.04 bits per heavy atom. The van der Waals surface area contributed by atoms with Gasteiger partial charge in [-0.15, -0.1) is 0 Å². The Balaban J connectivity index is 1.64. The molecule has 3 heterocycles. The van der Waals surface area contributed by atoms with E-state index in [1.807, 2.05) is 0 Å². The topological polar surface area (TPSA) is 44.6 Å². The molecule has 0 atom stereocenters. The van der Waals surface area contributed by atoms with Crippen LogP contribution in [0.2, 0.25) is 0 Å². The molecule has 134 valence electrons. The summed E-state index contributed by atoms with van der Waals surface area (Å²) in [7, 11) is 2.16. The highest BCUT2D eigenvalue weighted by Crippen LogP contribution is 2.25. The van der Waals surface area contributed by atoms with E-state index < -0.39 is 0 Å². The molecular formula is C21H25N5. The molecule has 0 N–H and O–H groups in total. The number of benzene rings is 1. The van der Waals surface area contributed by atoms with Crippen molar-refractivity contribution in [2.75, 3.05) is 38.1 Å². The largest absolute Gasteiger partial charge is 0.354 e. The summed E-state index contributed by atoms with van der Waals surface area (Å²) in [6, 6.07) is 8.67. The Kier molecular flexibility index (Phi) is 4.55. The standard InChI is InChI=1S/C21H25N5/c1-15(2)10-16-4-5-17-13-22-21(18(17)11-16)19-12-20(24-14-23-19)26-8-6-25(3)7-9-26/h4-5,10-12,14H,6-9,13H2,1-3H3. The summed E-state index contributed by atoms with van der Waals surface area (Å²) in [6.45, 7) is 9.10. The Morgan fingerprint density at radius 2 is 1.85 bits per heavy atom. The van der Waals surface area contributed by atoms with Crippen LogP contribution in [-0.4, -0.2) is 53.8 Å². The predicted molar refractivity (Wildman–Crippen MR) is 107 cm³/mol. The molecule has 1 aromatic heterocycles. The summed E-state index contributed by atoms with van der Waals surface area (Å²) in [6.07, 6.45) is 3.87. The lowest BCUT2D eigenvalue weighted by Crippen LogP contribution is -2.44. The lowest BCUT2D eigenvalue weighted by atomic mass is 9.99. The van der Waals surface area contributed by atoms with E-state index in [1.165, 1.54) is 22.3 Å². The molecule has 0 spiro atoms. The number of aromatic nitrogens is 2.